The molecule has 0 saturated heterocycles. The molecule has 0 aromatic heterocycles. The second-order valence-electron chi connectivity index (χ2n) is 5.23. The van der Waals surface area contributed by atoms with Gasteiger partial charge in [0, 0.05) is 0 Å². The number of carbonyl (C=O) groups excluding carboxylic acids is 1. The van der Waals surface area contributed by atoms with Gasteiger partial charge in [0.1, 0.15) is 6.04 Å². The SMILES string of the molecule is CN(C)CCCN[C@H](CC(=O)Nc1ccccc1Cl)C(=O)O. The highest BCUT2D eigenvalue weighted by Gasteiger charge is 2.20. The second-order valence-corrected chi connectivity index (χ2v) is 5.64. The highest BCUT2D eigenvalue weighted by Crippen LogP contribution is 2.20. The number of carbonyl (C=O) groups is 2. The number of rotatable bonds is 9. The van der Waals surface area contributed by atoms with Crippen LogP contribution in [0.5, 0.6) is 0 Å². The Bertz CT molecular complexity index is 509. The Morgan fingerprint density at radius 1 is 1.32 bits per heavy atom. The lowest BCUT2D eigenvalue weighted by Crippen LogP contribution is -2.40. The number of hydrogen-bond donors (Lipinski definition) is 3. The highest BCUT2D eigenvalue weighted by atomic mass is 35.5. The van der Waals surface area contributed by atoms with Crippen molar-refractivity contribution in [2.24, 2.45) is 0 Å². The van der Waals surface area contributed by atoms with Crippen LogP contribution in [0.3, 0.4) is 0 Å². The fourth-order valence-electron chi connectivity index (χ4n) is 1.87. The smallest absolute Gasteiger partial charge is 0.321 e. The molecule has 0 heterocycles. The zero-order valence-electron chi connectivity index (χ0n) is 12.8. The van der Waals surface area contributed by atoms with Crippen molar-refractivity contribution in [3.63, 3.8) is 0 Å². The monoisotopic (exact) mass is 327 g/mol. The van der Waals surface area contributed by atoms with Crippen molar-refractivity contribution in [3.05, 3.63) is 29.3 Å². The third kappa shape index (κ3) is 6.89. The third-order valence-corrected chi connectivity index (χ3v) is 3.34. The minimum Gasteiger partial charge on any atom is -0.480 e. The lowest BCUT2D eigenvalue weighted by molar-refractivity contribution is -0.141. The summed E-state index contributed by atoms with van der Waals surface area (Å²) in [6, 6.07) is 5.91. The number of nitrogens with one attached hydrogen (secondary N) is 2. The summed E-state index contributed by atoms with van der Waals surface area (Å²) in [5.41, 5.74) is 0.478. The van der Waals surface area contributed by atoms with E-state index in [1.807, 2.05) is 19.0 Å². The first-order valence-corrected chi connectivity index (χ1v) is 7.43. The van der Waals surface area contributed by atoms with Gasteiger partial charge in [0.25, 0.3) is 0 Å². The molecule has 0 fully saturated rings. The van der Waals surface area contributed by atoms with Gasteiger partial charge in [-0.2, -0.15) is 0 Å². The van der Waals surface area contributed by atoms with Crippen LogP contribution in [-0.2, 0) is 9.59 Å². The van der Waals surface area contributed by atoms with E-state index in [1.165, 1.54) is 0 Å². The Balaban J connectivity index is 2.47. The first-order valence-electron chi connectivity index (χ1n) is 7.05. The van der Waals surface area contributed by atoms with Gasteiger partial charge in [0.2, 0.25) is 5.91 Å². The van der Waals surface area contributed by atoms with Gasteiger partial charge in [0.05, 0.1) is 17.1 Å². The molecule has 6 nitrogen and oxygen atoms in total. The molecule has 1 aromatic carbocycles. The van der Waals surface area contributed by atoms with Crippen molar-refractivity contribution in [3.8, 4) is 0 Å². The molecular weight excluding hydrogens is 306 g/mol. The Morgan fingerprint density at radius 3 is 2.59 bits per heavy atom. The first kappa shape index (κ1) is 18.4. The van der Waals surface area contributed by atoms with Crippen LogP contribution < -0.4 is 10.6 Å². The third-order valence-electron chi connectivity index (χ3n) is 3.01. The maximum atomic E-state index is 11.9. The number of amides is 1. The van der Waals surface area contributed by atoms with Gasteiger partial charge in [0.15, 0.2) is 0 Å². The van der Waals surface area contributed by atoms with E-state index < -0.39 is 12.0 Å². The average Bonchev–Trinajstić information content (AvgIpc) is 2.44. The zero-order chi connectivity index (χ0) is 16.5. The summed E-state index contributed by atoms with van der Waals surface area (Å²) in [4.78, 5) is 25.2. The molecule has 122 valence electrons. The molecule has 0 aliphatic carbocycles. The first-order chi connectivity index (χ1) is 10.4. The van der Waals surface area contributed by atoms with Crippen molar-refractivity contribution in [2.75, 3.05) is 32.5 Å². The molecular formula is C15H22ClN3O3. The number of nitrogens with zero attached hydrogens (tertiary/aromatic N) is 1. The fourth-order valence-corrected chi connectivity index (χ4v) is 2.05. The second kappa shape index (κ2) is 9.40. The minimum absolute atomic E-state index is 0.150. The maximum Gasteiger partial charge on any atom is 0.321 e. The van der Waals surface area contributed by atoms with Crippen LogP contribution in [0.2, 0.25) is 5.02 Å². The molecule has 0 aliphatic heterocycles. The van der Waals surface area contributed by atoms with Crippen LogP contribution in [0.15, 0.2) is 24.3 Å². The van der Waals surface area contributed by atoms with Gasteiger partial charge in [-0.05, 0) is 45.7 Å². The van der Waals surface area contributed by atoms with Crippen molar-refractivity contribution < 1.29 is 14.7 Å². The number of para-hydroxylation sites is 1. The maximum absolute atomic E-state index is 11.9. The van der Waals surface area contributed by atoms with E-state index in [9.17, 15) is 14.7 Å². The number of hydrogen-bond acceptors (Lipinski definition) is 4. The molecule has 1 aromatic rings. The topological polar surface area (TPSA) is 81.7 Å². The molecule has 22 heavy (non-hydrogen) atoms. The Morgan fingerprint density at radius 2 is 2.00 bits per heavy atom. The van der Waals surface area contributed by atoms with Crippen LogP contribution in [-0.4, -0.2) is 55.1 Å². The molecule has 0 spiro atoms. The number of carboxylic acid groups (broad SMARTS) is 1. The van der Waals surface area contributed by atoms with E-state index in [0.717, 1.165) is 13.0 Å². The van der Waals surface area contributed by atoms with E-state index in [1.54, 1.807) is 24.3 Å². The van der Waals surface area contributed by atoms with E-state index in [-0.39, 0.29) is 12.3 Å². The van der Waals surface area contributed by atoms with Gasteiger partial charge in [-0.3, -0.25) is 9.59 Å². The van der Waals surface area contributed by atoms with Gasteiger partial charge < -0.3 is 20.6 Å². The van der Waals surface area contributed by atoms with Crippen molar-refractivity contribution in [1.29, 1.82) is 0 Å². The highest BCUT2D eigenvalue weighted by molar-refractivity contribution is 6.33. The number of benzene rings is 1. The summed E-state index contributed by atoms with van der Waals surface area (Å²) in [5.74, 6) is -1.43. The molecule has 0 unspecified atom stereocenters. The quantitative estimate of drug-likeness (QED) is 0.601. The van der Waals surface area contributed by atoms with Gasteiger partial charge in [-0.1, -0.05) is 23.7 Å². The Hall–Kier alpha value is -1.63. The predicted molar refractivity (Wildman–Crippen MR) is 87.3 cm³/mol. The standard InChI is InChI=1S/C15H22ClN3O3/c1-19(2)9-5-8-17-13(15(21)22)10-14(20)18-12-7-4-3-6-11(12)16/h3-4,6-7,13,17H,5,8-10H2,1-2H3,(H,18,20)(H,21,22)/t13-/m1/s1. The molecule has 1 amide bonds. The van der Waals surface area contributed by atoms with Gasteiger partial charge >= 0.3 is 5.97 Å². The molecule has 0 aliphatic rings. The summed E-state index contributed by atoms with van der Waals surface area (Å²) in [6.07, 6.45) is 0.658. The van der Waals surface area contributed by atoms with Crippen LogP contribution in [0.1, 0.15) is 12.8 Å². The number of aliphatic carboxylic acids is 1. The lowest BCUT2D eigenvalue weighted by atomic mass is 10.2. The average molecular weight is 328 g/mol. The van der Waals surface area contributed by atoms with Crippen LogP contribution in [0, 0.1) is 0 Å². The molecule has 1 atom stereocenters. The molecule has 1 rings (SSSR count). The van der Waals surface area contributed by atoms with Gasteiger partial charge in [-0.15, -0.1) is 0 Å². The van der Waals surface area contributed by atoms with E-state index >= 15 is 0 Å². The van der Waals surface area contributed by atoms with E-state index in [2.05, 4.69) is 10.6 Å². The molecule has 0 radical (unpaired) electrons. The number of carboxylic acids is 1. The molecule has 0 bridgehead atoms. The Labute approximate surface area is 135 Å². The van der Waals surface area contributed by atoms with Crippen molar-refractivity contribution in [2.45, 2.75) is 18.9 Å². The van der Waals surface area contributed by atoms with Crippen LogP contribution >= 0.6 is 11.6 Å². The van der Waals surface area contributed by atoms with Crippen molar-refractivity contribution in [1.82, 2.24) is 10.2 Å². The van der Waals surface area contributed by atoms with Gasteiger partial charge in [-0.25, -0.2) is 0 Å². The summed E-state index contributed by atoms with van der Waals surface area (Å²) < 4.78 is 0. The fraction of sp³-hybridized carbons (Fsp3) is 0.467. The minimum atomic E-state index is -1.04. The number of halogens is 1. The Kier molecular flexibility index (Phi) is 7.87. The van der Waals surface area contributed by atoms with Crippen LogP contribution in [0.25, 0.3) is 0 Å². The van der Waals surface area contributed by atoms with E-state index in [4.69, 9.17) is 11.6 Å². The molecule has 0 saturated carbocycles. The van der Waals surface area contributed by atoms with Crippen molar-refractivity contribution >= 4 is 29.2 Å². The van der Waals surface area contributed by atoms with Crippen LogP contribution in [0.4, 0.5) is 5.69 Å². The normalized spacial score (nSPS) is 12.2. The number of anilines is 1. The zero-order valence-corrected chi connectivity index (χ0v) is 13.6. The summed E-state index contributed by atoms with van der Waals surface area (Å²) in [5, 5.41) is 15.1. The predicted octanol–water partition coefficient (Wildman–Crippen LogP) is 1.66. The summed E-state index contributed by atoms with van der Waals surface area (Å²) in [6.45, 7) is 1.39. The lowest BCUT2D eigenvalue weighted by Gasteiger charge is -2.16. The molecule has 3 N–H and O–H groups in total. The molecule has 7 heteroatoms. The van der Waals surface area contributed by atoms with E-state index in [0.29, 0.717) is 17.3 Å². The largest absolute Gasteiger partial charge is 0.480 e. The summed E-state index contributed by atoms with van der Waals surface area (Å²) in [7, 11) is 3.90. The summed E-state index contributed by atoms with van der Waals surface area (Å²) >= 11 is 5.95.